The third-order valence-corrected chi connectivity index (χ3v) is 3.13. The Bertz CT molecular complexity index is 382. The summed E-state index contributed by atoms with van der Waals surface area (Å²) in [4.78, 5) is 8.77. The van der Waals surface area contributed by atoms with Gasteiger partial charge in [0, 0.05) is 6.20 Å². The van der Waals surface area contributed by atoms with E-state index in [9.17, 15) is 0 Å². The maximum Gasteiger partial charge on any atom is 0.103 e. The molecular weight excluding hydrogens is 180 g/mol. The molecule has 0 aromatic carbocycles. The van der Waals surface area contributed by atoms with Crippen molar-refractivity contribution in [2.45, 2.75) is 26.7 Å². The highest BCUT2D eigenvalue weighted by Gasteiger charge is 2.07. The van der Waals surface area contributed by atoms with Gasteiger partial charge in [-0.3, -0.25) is 4.98 Å². The van der Waals surface area contributed by atoms with Gasteiger partial charge in [-0.15, -0.1) is 11.3 Å². The summed E-state index contributed by atoms with van der Waals surface area (Å²) in [6, 6.07) is 0. The summed E-state index contributed by atoms with van der Waals surface area (Å²) >= 11 is 1.72. The lowest BCUT2D eigenvalue weighted by Crippen LogP contribution is -1.91. The predicted molar refractivity (Wildman–Crippen MR) is 56.2 cm³/mol. The molecule has 0 atom stereocenters. The van der Waals surface area contributed by atoms with Gasteiger partial charge in [-0.1, -0.05) is 13.8 Å². The van der Waals surface area contributed by atoms with E-state index < -0.39 is 0 Å². The van der Waals surface area contributed by atoms with Crippen LogP contribution in [0.4, 0.5) is 0 Å². The Hall–Kier alpha value is -0.960. The van der Waals surface area contributed by atoms with Gasteiger partial charge in [0.05, 0.1) is 15.9 Å². The maximum absolute atomic E-state index is 4.41. The van der Waals surface area contributed by atoms with E-state index in [2.05, 4.69) is 23.8 Å². The van der Waals surface area contributed by atoms with E-state index in [1.807, 2.05) is 11.7 Å². The van der Waals surface area contributed by atoms with Crippen molar-refractivity contribution in [3.63, 3.8) is 0 Å². The molecule has 0 aliphatic carbocycles. The van der Waals surface area contributed by atoms with Gasteiger partial charge in [0.1, 0.15) is 5.52 Å². The Labute approximate surface area is 81.7 Å². The largest absolute Gasteiger partial charge is 0.259 e. The Morgan fingerprint density at radius 2 is 2.08 bits per heavy atom. The summed E-state index contributed by atoms with van der Waals surface area (Å²) in [5, 5.41) is 0. The van der Waals surface area contributed by atoms with E-state index in [0.29, 0.717) is 0 Å². The van der Waals surface area contributed by atoms with Gasteiger partial charge >= 0.3 is 0 Å². The molecule has 0 bridgehead atoms. The van der Waals surface area contributed by atoms with Crippen LogP contribution in [0.15, 0.2) is 11.7 Å². The highest BCUT2D eigenvalue weighted by Crippen LogP contribution is 2.24. The molecule has 0 aliphatic rings. The molecule has 2 heterocycles. The first-order valence-electron chi connectivity index (χ1n) is 4.56. The van der Waals surface area contributed by atoms with Gasteiger partial charge in [-0.05, 0) is 18.4 Å². The number of rotatable bonds is 2. The average molecular weight is 192 g/mol. The fourth-order valence-corrected chi connectivity index (χ4v) is 2.36. The highest BCUT2D eigenvalue weighted by molar-refractivity contribution is 7.17. The molecule has 0 unspecified atom stereocenters. The van der Waals surface area contributed by atoms with Crippen molar-refractivity contribution in [2.75, 3.05) is 0 Å². The molecule has 68 valence electrons. The fourth-order valence-electron chi connectivity index (χ4n) is 1.47. The molecule has 0 radical (unpaired) electrons. The zero-order valence-corrected chi connectivity index (χ0v) is 8.69. The number of fused-ring (bicyclic) bond motifs is 1. The van der Waals surface area contributed by atoms with E-state index in [-0.39, 0.29) is 0 Å². The van der Waals surface area contributed by atoms with Crippen LogP contribution in [0.3, 0.4) is 0 Å². The van der Waals surface area contributed by atoms with Crippen molar-refractivity contribution in [2.24, 2.45) is 0 Å². The molecule has 2 aromatic heterocycles. The van der Waals surface area contributed by atoms with Crippen LogP contribution in [0.25, 0.3) is 10.2 Å². The SMILES string of the molecule is CCc1ncc(CC)c2scnc12. The van der Waals surface area contributed by atoms with Crippen LogP contribution in [0.1, 0.15) is 25.1 Å². The summed E-state index contributed by atoms with van der Waals surface area (Å²) in [7, 11) is 0. The minimum Gasteiger partial charge on any atom is -0.259 e. The van der Waals surface area contributed by atoms with Crippen molar-refractivity contribution in [3.8, 4) is 0 Å². The van der Waals surface area contributed by atoms with Crippen molar-refractivity contribution in [1.29, 1.82) is 0 Å². The van der Waals surface area contributed by atoms with Crippen LogP contribution in [0.2, 0.25) is 0 Å². The molecule has 2 rings (SSSR count). The van der Waals surface area contributed by atoms with Crippen LogP contribution >= 0.6 is 11.3 Å². The van der Waals surface area contributed by atoms with Gasteiger partial charge in [0.2, 0.25) is 0 Å². The van der Waals surface area contributed by atoms with Gasteiger partial charge < -0.3 is 0 Å². The fraction of sp³-hybridized carbons (Fsp3) is 0.400. The number of pyridine rings is 1. The maximum atomic E-state index is 4.41. The van der Waals surface area contributed by atoms with Gasteiger partial charge in [-0.25, -0.2) is 4.98 Å². The summed E-state index contributed by atoms with van der Waals surface area (Å²) < 4.78 is 1.31. The second-order valence-electron chi connectivity index (χ2n) is 2.97. The summed E-state index contributed by atoms with van der Waals surface area (Å²) in [6.07, 6.45) is 3.99. The average Bonchev–Trinajstić information content (AvgIpc) is 2.64. The standard InChI is InChI=1S/C10H12N2S/c1-3-7-5-11-8(4-2)9-10(7)13-6-12-9/h5-6H,3-4H2,1-2H3. The molecular formula is C10H12N2S. The normalized spacial score (nSPS) is 10.9. The smallest absolute Gasteiger partial charge is 0.103 e. The van der Waals surface area contributed by atoms with E-state index in [0.717, 1.165) is 24.1 Å². The minimum atomic E-state index is 0.963. The first-order valence-corrected chi connectivity index (χ1v) is 5.44. The second-order valence-corrected chi connectivity index (χ2v) is 3.82. The van der Waals surface area contributed by atoms with Gasteiger partial charge in [0.15, 0.2) is 0 Å². The monoisotopic (exact) mass is 192 g/mol. The lowest BCUT2D eigenvalue weighted by Gasteiger charge is -2.01. The number of aromatic nitrogens is 2. The molecule has 0 saturated carbocycles. The van der Waals surface area contributed by atoms with Crippen LogP contribution in [0.5, 0.6) is 0 Å². The Kier molecular flexibility index (Phi) is 2.27. The molecule has 0 amide bonds. The summed E-state index contributed by atoms with van der Waals surface area (Å²) in [5.74, 6) is 0. The Morgan fingerprint density at radius 3 is 2.77 bits per heavy atom. The van der Waals surface area contributed by atoms with Crippen LogP contribution in [-0.2, 0) is 12.8 Å². The van der Waals surface area contributed by atoms with Crippen LogP contribution in [-0.4, -0.2) is 9.97 Å². The second kappa shape index (κ2) is 3.42. The molecule has 0 aliphatic heterocycles. The van der Waals surface area contributed by atoms with E-state index >= 15 is 0 Å². The van der Waals surface area contributed by atoms with Gasteiger partial charge in [0.25, 0.3) is 0 Å². The third kappa shape index (κ3) is 1.33. The number of thiazole rings is 1. The molecule has 2 aromatic rings. The Balaban J connectivity index is 2.74. The van der Waals surface area contributed by atoms with Crippen LogP contribution < -0.4 is 0 Å². The van der Waals surface area contributed by atoms with Crippen LogP contribution in [0, 0.1) is 0 Å². The van der Waals surface area contributed by atoms with Crippen molar-refractivity contribution >= 4 is 21.6 Å². The van der Waals surface area contributed by atoms with Crippen molar-refractivity contribution in [3.05, 3.63) is 23.0 Å². The van der Waals surface area contributed by atoms with Gasteiger partial charge in [-0.2, -0.15) is 0 Å². The number of aryl methyl sites for hydroxylation is 2. The lowest BCUT2D eigenvalue weighted by atomic mass is 10.2. The number of hydrogen-bond donors (Lipinski definition) is 0. The predicted octanol–water partition coefficient (Wildman–Crippen LogP) is 2.82. The van der Waals surface area contributed by atoms with E-state index in [1.165, 1.54) is 10.3 Å². The summed E-state index contributed by atoms with van der Waals surface area (Å²) in [5.41, 5.74) is 5.44. The van der Waals surface area contributed by atoms with E-state index in [1.54, 1.807) is 11.3 Å². The molecule has 0 spiro atoms. The number of nitrogens with zero attached hydrogens (tertiary/aromatic N) is 2. The zero-order valence-electron chi connectivity index (χ0n) is 7.87. The minimum absolute atomic E-state index is 0.963. The first kappa shape index (κ1) is 8.63. The Morgan fingerprint density at radius 1 is 1.23 bits per heavy atom. The third-order valence-electron chi connectivity index (χ3n) is 2.22. The molecule has 2 nitrogen and oxygen atoms in total. The first-order chi connectivity index (χ1) is 6.36. The quantitative estimate of drug-likeness (QED) is 0.731. The highest BCUT2D eigenvalue weighted by atomic mass is 32.1. The van der Waals surface area contributed by atoms with E-state index in [4.69, 9.17) is 0 Å². The lowest BCUT2D eigenvalue weighted by molar-refractivity contribution is 1.03. The molecule has 13 heavy (non-hydrogen) atoms. The molecule has 0 N–H and O–H groups in total. The molecule has 0 fully saturated rings. The zero-order chi connectivity index (χ0) is 9.26. The summed E-state index contributed by atoms with van der Waals surface area (Å²) in [6.45, 7) is 4.27. The topological polar surface area (TPSA) is 25.8 Å². The molecule has 0 saturated heterocycles. The molecule has 3 heteroatoms. The van der Waals surface area contributed by atoms with Crippen molar-refractivity contribution < 1.29 is 0 Å². The van der Waals surface area contributed by atoms with Crippen molar-refractivity contribution in [1.82, 2.24) is 9.97 Å². The number of hydrogen-bond acceptors (Lipinski definition) is 3.